The lowest BCUT2D eigenvalue weighted by Crippen LogP contribution is -1.92. The van der Waals surface area contributed by atoms with Gasteiger partial charge in [-0.05, 0) is 12.1 Å². The zero-order chi connectivity index (χ0) is 16.2. The Hall–Kier alpha value is -2.18. The average Bonchev–Trinajstić information content (AvgIpc) is 2.65. The van der Waals surface area contributed by atoms with Crippen molar-refractivity contribution >= 4 is 45.3 Å². The minimum absolute atomic E-state index is 0.962. The van der Waals surface area contributed by atoms with Gasteiger partial charge in [-0.25, -0.2) is 19.9 Å². The predicted molar refractivity (Wildman–Crippen MR) is 101 cm³/mol. The number of fused-ring (bicyclic) bond motifs is 2. The van der Waals surface area contributed by atoms with Crippen molar-refractivity contribution in [3.05, 3.63) is 61.2 Å². The molecule has 6 heteroatoms. The number of benzene rings is 2. The number of rotatable bonds is 5. The molecular formula is C18H14N4S2. The van der Waals surface area contributed by atoms with E-state index in [-0.39, 0.29) is 0 Å². The molecule has 0 bridgehead atoms. The van der Waals surface area contributed by atoms with Crippen LogP contribution in [0.3, 0.4) is 0 Å². The Morgan fingerprint density at radius 3 is 1.54 bits per heavy atom. The molecule has 0 fully saturated rings. The van der Waals surface area contributed by atoms with E-state index in [0.29, 0.717) is 0 Å². The van der Waals surface area contributed by atoms with E-state index in [4.69, 9.17) is 0 Å². The first kappa shape index (κ1) is 15.4. The molecule has 0 N–H and O–H groups in total. The molecule has 4 aromatic rings. The van der Waals surface area contributed by atoms with E-state index in [0.717, 1.165) is 43.4 Å². The second-order valence-electron chi connectivity index (χ2n) is 5.09. The molecule has 0 radical (unpaired) electrons. The van der Waals surface area contributed by atoms with Crippen molar-refractivity contribution in [3.8, 4) is 0 Å². The van der Waals surface area contributed by atoms with Crippen LogP contribution in [0.5, 0.6) is 0 Å². The number of thioether (sulfide) groups is 2. The van der Waals surface area contributed by atoms with E-state index >= 15 is 0 Å². The van der Waals surface area contributed by atoms with Crippen molar-refractivity contribution in [1.82, 2.24) is 19.9 Å². The lowest BCUT2D eigenvalue weighted by atomic mass is 10.2. The smallest absolute Gasteiger partial charge is 0.117 e. The highest BCUT2D eigenvalue weighted by Crippen LogP contribution is 2.28. The van der Waals surface area contributed by atoms with Gasteiger partial charge in [-0.1, -0.05) is 36.4 Å². The largest absolute Gasteiger partial charge is 0.236 e. The van der Waals surface area contributed by atoms with Gasteiger partial charge in [-0.2, -0.15) is 0 Å². The van der Waals surface area contributed by atoms with Gasteiger partial charge in [0.25, 0.3) is 0 Å². The zero-order valence-corrected chi connectivity index (χ0v) is 14.4. The van der Waals surface area contributed by atoms with Crippen LogP contribution in [-0.4, -0.2) is 31.4 Å². The van der Waals surface area contributed by atoms with Crippen molar-refractivity contribution in [1.29, 1.82) is 0 Å². The van der Waals surface area contributed by atoms with Gasteiger partial charge in [0.1, 0.15) is 22.7 Å². The van der Waals surface area contributed by atoms with Crippen LogP contribution >= 0.6 is 23.5 Å². The van der Waals surface area contributed by atoms with Crippen LogP contribution in [0.25, 0.3) is 21.8 Å². The number of hydrogen-bond acceptors (Lipinski definition) is 6. The number of hydrogen-bond donors (Lipinski definition) is 0. The van der Waals surface area contributed by atoms with Crippen molar-refractivity contribution < 1.29 is 0 Å². The van der Waals surface area contributed by atoms with Crippen LogP contribution < -0.4 is 0 Å². The Labute approximate surface area is 148 Å². The summed E-state index contributed by atoms with van der Waals surface area (Å²) in [5.74, 6) is 1.92. The van der Waals surface area contributed by atoms with Gasteiger partial charge in [-0.3, -0.25) is 0 Å². The molecule has 2 heterocycles. The Morgan fingerprint density at radius 1 is 0.583 bits per heavy atom. The first-order chi connectivity index (χ1) is 11.9. The molecule has 4 nitrogen and oxygen atoms in total. The van der Waals surface area contributed by atoms with Gasteiger partial charge >= 0.3 is 0 Å². The van der Waals surface area contributed by atoms with Crippen molar-refractivity contribution in [2.24, 2.45) is 0 Å². The van der Waals surface area contributed by atoms with E-state index in [9.17, 15) is 0 Å². The Kier molecular flexibility index (Phi) is 4.57. The van der Waals surface area contributed by atoms with Gasteiger partial charge in [0.15, 0.2) is 0 Å². The summed E-state index contributed by atoms with van der Waals surface area (Å²) in [5, 5.41) is 4.30. The Bertz CT molecular complexity index is 899. The number of aromatic nitrogens is 4. The van der Waals surface area contributed by atoms with E-state index in [1.165, 1.54) is 0 Å². The van der Waals surface area contributed by atoms with Crippen molar-refractivity contribution in [3.63, 3.8) is 0 Å². The lowest BCUT2D eigenvalue weighted by molar-refractivity contribution is 1.10. The van der Waals surface area contributed by atoms with Gasteiger partial charge in [0, 0.05) is 22.3 Å². The van der Waals surface area contributed by atoms with E-state index < -0.39 is 0 Å². The first-order valence-corrected chi connectivity index (χ1v) is 9.54. The summed E-state index contributed by atoms with van der Waals surface area (Å²) >= 11 is 3.52. The number of para-hydroxylation sites is 2. The average molecular weight is 350 g/mol. The molecule has 4 rings (SSSR count). The minimum Gasteiger partial charge on any atom is -0.236 e. The summed E-state index contributed by atoms with van der Waals surface area (Å²) < 4.78 is 0. The molecule has 0 saturated heterocycles. The highest BCUT2D eigenvalue weighted by molar-refractivity contribution is 8.03. The van der Waals surface area contributed by atoms with Crippen LogP contribution in [-0.2, 0) is 0 Å². The van der Waals surface area contributed by atoms with Crippen molar-refractivity contribution in [2.45, 2.75) is 10.1 Å². The second kappa shape index (κ2) is 7.15. The minimum atomic E-state index is 0.962. The topological polar surface area (TPSA) is 51.6 Å². The van der Waals surface area contributed by atoms with E-state index in [2.05, 4.69) is 32.1 Å². The van der Waals surface area contributed by atoms with E-state index in [1.54, 1.807) is 36.2 Å². The molecule has 0 spiro atoms. The third kappa shape index (κ3) is 3.20. The molecule has 0 aliphatic heterocycles. The molecule has 0 aliphatic rings. The maximum absolute atomic E-state index is 4.42. The molecule has 0 saturated carbocycles. The third-order valence-corrected chi connectivity index (χ3v) is 5.85. The fraction of sp³-hybridized carbons (Fsp3) is 0.111. The van der Waals surface area contributed by atoms with Gasteiger partial charge in [0.2, 0.25) is 0 Å². The summed E-state index contributed by atoms with van der Waals surface area (Å²) in [5.41, 5.74) is 1.98. The van der Waals surface area contributed by atoms with E-state index in [1.807, 2.05) is 36.4 Å². The molecule has 2 aromatic carbocycles. The zero-order valence-electron chi connectivity index (χ0n) is 12.8. The fourth-order valence-corrected chi connectivity index (χ4v) is 4.42. The monoisotopic (exact) mass is 350 g/mol. The van der Waals surface area contributed by atoms with Gasteiger partial charge in [-0.15, -0.1) is 23.5 Å². The van der Waals surface area contributed by atoms with Crippen LogP contribution in [0.2, 0.25) is 0 Å². The van der Waals surface area contributed by atoms with Crippen LogP contribution in [0, 0.1) is 0 Å². The normalized spacial score (nSPS) is 11.2. The standard InChI is InChI=1S/C18H14N4S2/c1-3-7-15-13(5-1)17(21-11-19-15)23-9-10-24-18-14-6-2-4-8-16(14)20-12-22-18/h1-8,11-12H,9-10H2. The third-order valence-electron chi connectivity index (χ3n) is 3.57. The molecule has 0 amide bonds. The summed E-state index contributed by atoms with van der Waals surface area (Å²) in [7, 11) is 0. The van der Waals surface area contributed by atoms with Gasteiger partial charge in [0.05, 0.1) is 11.0 Å². The second-order valence-corrected chi connectivity index (χ2v) is 7.26. The molecular weight excluding hydrogens is 336 g/mol. The van der Waals surface area contributed by atoms with Crippen LogP contribution in [0.15, 0.2) is 71.2 Å². The molecule has 0 aliphatic carbocycles. The fourth-order valence-electron chi connectivity index (χ4n) is 2.47. The van der Waals surface area contributed by atoms with Gasteiger partial charge < -0.3 is 0 Å². The summed E-state index contributed by atoms with van der Waals surface area (Å²) in [6, 6.07) is 16.2. The summed E-state index contributed by atoms with van der Waals surface area (Å²) in [6.45, 7) is 0. The quantitative estimate of drug-likeness (QED) is 0.301. The molecule has 118 valence electrons. The molecule has 0 atom stereocenters. The highest BCUT2D eigenvalue weighted by atomic mass is 32.2. The van der Waals surface area contributed by atoms with Crippen molar-refractivity contribution in [2.75, 3.05) is 11.5 Å². The molecule has 2 aromatic heterocycles. The summed E-state index contributed by atoms with van der Waals surface area (Å²) in [6.07, 6.45) is 3.27. The SMILES string of the molecule is c1ccc2c(SCCSc3ncnc4ccccc34)ncnc2c1. The maximum Gasteiger partial charge on any atom is 0.117 e. The Balaban J connectivity index is 1.44. The molecule has 0 unspecified atom stereocenters. The maximum atomic E-state index is 4.42. The highest BCUT2D eigenvalue weighted by Gasteiger charge is 2.06. The molecule has 24 heavy (non-hydrogen) atoms. The van der Waals surface area contributed by atoms with Crippen LogP contribution in [0.1, 0.15) is 0 Å². The predicted octanol–water partition coefficient (Wildman–Crippen LogP) is 4.46. The first-order valence-electron chi connectivity index (χ1n) is 7.57. The van der Waals surface area contributed by atoms with Crippen LogP contribution in [0.4, 0.5) is 0 Å². The number of nitrogens with zero attached hydrogens (tertiary/aromatic N) is 4. The Morgan fingerprint density at radius 2 is 1.04 bits per heavy atom. The summed E-state index contributed by atoms with van der Waals surface area (Å²) in [4.78, 5) is 17.4. The lowest BCUT2D eigenvalue weighted by Gasteiger charge is -2.06.